The first kappa shape index (κ1) is 22.1. The summed E-state index contributed by atoms with van der Waals surface area (Å²) < 4.78 is 30.6. The largest absolute Gasteiger partial charge is 0.497 e. The van der Waals surface area contributed by atoms with E-state index in [4.69, 9.17) is 13.9 Å². The molecule has 1 aromatic heterocycles. The van der Waals surface area contributed by atoms with Crippen LogP contribution < -0.4 is 14.8 Å². The molecule has 6 nitrogen and oxygen atoms in total. The molecule has 1 amide bonds. The minimum Gasteiger partial charge on any atom is -0.497 e. The minimum atomic E-state index is -0.404. The predicted molar refractivity (Wildman–Crippen MR) is 123 cm³/mol. The van der Waals surface area contributed by atoms with Crippen LogP contribution in [0.5, 0.6) is 11.5 Å². The van der Waals surface area contributed by atoms with Gasteiger partial charge in [0.05, 0.1) is 31.5 Å². The van der Waals surface area contributed by atoms with Crippen LogP contribution in [0.25, 0.3) is 22.8 Å². The summed E-state index contributed by atoms with van der Waals surface area (Å²) in [4.78, 5) is 17.2. The van der Waals surface area contributed by atoms with E-state index in [1.807, 2.05) is 18.2 Å². The molecular formula is C26H23FN2O4. The Kier molecular flexibility index (Phi) is 6.69. The summed E-state index contributed by atoms with van der Waals surface area (Å²) in [7, 11) is 3.20. The molecule has 168 valence electrons. The van der Waals surface area contributed by atoms with Gasteiger partial charge in [-0.1, -0.05) is 24.3 Å². The highest BCUT2D eigenvalue weighted by Crippen LogP contribution is 2.29. The van der Waals surface area contributed by atoms with E-state index in [0.29, 0.717) is 35.4 Å². The smallest absolute Gasteiger partial charge is 0.252 e. The lowest BCUT2D eigenvalue weighted by Gasteiger charge is -2.12. The number of ether oxygens (including phenoxy) is 2. The normalized spacial score (nSPS) is 10.6. The third-order valence-electron chi connectivity index (χ3n) is 5.21. The van der Waals surface area contributed by atoms with Gasteiger partial charge < -0.3 is 19.2 Å². The molecule has 4 aromatic rings. The molecular weight excluding hydrogens is 423 g/mol. The van der Waals surface area contributed by atoms with Crippen molar-refractivity contribution in [2.75, 3.05) is 20.8 Å². The maximum Gasteiger partial charge on any atom is 0.252 e. The molecule has 1 heterocycles. The Labute approximate surface area is 191 Å². The van der Waals surface area contributed by atoms with E-state index < -0.39 is 5.82 Å². The van der Waals surface area contributed by atoms with Gasteiger partial charge in [-0.15, -0.1) is 0 Å². The highest BCUT2D eigenvalue weighted by Gasteiger charge is 2.18. The van der Waals surface area contributed by atoms with Crippen molar-refractivity contribution in [2.24, 2.45) is 0 Å². The number of oxazole rings is 1. The molecule has 0 saturated carbocycles. The van der Waals surface area contributed by atoms with Crippen molar-refractivity contribution in [2.45, 2.75) is 6.42 Å². The number of rotatable bonds is 8. The number of hydrogen-bond acceptors (Lipinski definition) is 5. The van der Waals surface area contributed by atoms with Crippen molar-refractivity contribution in [1.82, 2.24) is 10.3 Å². The fourth-order valence-electron chi connectivity index (χ4n) is 3.54. The number of hydrogen-bond donors (Lipinski definition) is 1. The summed E-state index contributed by atoms with van der Waals surface area (Å²) in [6.45, 7) is 0.392. The Morgan fingerprint density at radius 1 is 1.00 bits per heavy atom. The number of benzene rings is 3. The monoisotopic (exact) mass is 446 g/mol. The number of nitrogens with zero attached hydrogens (tertiary/aromatic N) is 1. The van der Waals surface area contributed by atoms with Gasteiger partial charge in [0.1, 0.15) is 17.3 Å². The van der Waals surface area contributed by atoms with Gasteiger partial charge in [0.15, 0.2) is 5.76 Å². The molecule has 33 heavy (non-hydrogen) atoms. The van der Waals surface area contributed by atoms with Crippen LogP contribution in [0.2, 0.25) is 0 Å². The van der Waals surface area contributed by atoms with Crippen LogP contribution >= 0.6 is 0 Å². The van der Waals surface area contributed by atoms with Crippen molar-refractivity contribution in [3.05, 3.63) is 89.9 Å². The number of aromatic nitrogens is 1. The van der Waals surface area contributed by atoms with Gasteiger partial charge in [0.2, 0.25) is 5.89 Å². The molecule has 0 aliphatic heterocycles. The van der Waals surface area contributed by atoms with Crippen LogP contribution in [0.4, 0.5) is 4.39 Å². The number of amides is 1. The molecule has 0 aliphatic rings. The third kappa shape index (κ3) is 4.87. The quantitative estimate of drug-likeness (QED) is 0.406. The van der Waals surface area contributed by atoms with Crippen LogP contribution in [0.15, 0.2) is 77.3 Å². The van der Waals surface area contributed by atoms with Gasteiger partial charge in [-0.3, -0.25) is 4.79 Å². The SMILES string of the molecule is COc1ccc(OC)c(CCNC(=O)c2ccccc2-c2ncc(-c3ccccc3F)o2)c1. The molecule has 0 atom stereocenters. The minimum absolute atomic E-state index is 0.244. The lowest BCUT2D eigenvalue weighted by atomic mass is 10.1. The number of carbonyl (C=O) groups excluding carboxylic acids is 1. The summed E-state index contributed by atoms with van der Waals surface area (Å²) in [6.07, 6.45) is 2.02. The van der Waals surface area contributed by atoms with Crippen molar-refractivity contribution in [3.63, 3.8) is 0 Å². The lowest BCUT2D eigenvalue weighted by molar-refractivity contribution is 0.0954. The highest BCUT2D eigenvalue weighted by molar-refractivity contribution is 6.00. The van der Waals surface area contributed by atoms with Gasteiger partial charge >= 0.3 is 0 Å². The summed E-state index contributed by atoms with van der Waals surface area (Å²) in [5.41, 5.74) is 2.17. The summed E-state index contributed by atoms with van der Waals surface area (Å²) in [5.74, 6) is 1.32. The van der Waals surface area contributed by atoms with Crippen LogP contribution in [-0.2, 0) is 6.42 Å². The first-order valence-electron chi connectivity index (χ1n) is 10.4. The van der Waals surface area contributed by atoms with Crippen molar-refractivity contribution in [1.29, 1.82) is 0 Å². The van der Waals surface area contributed by atoms with Crippen LogP contribution in [0.1, 0.15) is 15.9 Å². The van der Waals surface area contributed by atoms with Gasteiger partial charge in [0, 0.05) is 12.1 Å². The van der Waals surface area contributed by atoms with E-state index in [-0.39, 0.29) is 11.8 Å². The zero-order valence-corrected chi connectivity index (χ0v) is 18.3. The van der Waals surface area contributed by atoms with E-state index in [1.54, 1.807) is 56.7 Å². The molecule has 1 N–H and O–H groups in total. The Morgan fingerprint density at radius 2 is 1.76 bits per heavy atom. The maximum absolute atomic E-state index is 14.1. The fourth-order valence-corrected chi connectivity index (χ4v) is 3.54. The van der Waals surface area contributed by atoms with E-state index in [2.05, 4.69) is 10.3 Å². The third-order valence-corrected chi connectivity index (χ3v) is 5.21. The Balaban J connectivity index is 1.50. The van der Waals surface area contributed by atoms with Gasteiger partial charge in [-0.05, 0) is 54.4 Å². The van der Waals surface area contributed by atoms with E-state index in [1.165, 1.54) is 12.3 Å². The summed E-state index contributed by atoms with van der Waals surface area (Å²) in [6, 6.07) is 18.8. The average molecular weight is 446 g/mol. The van der Waals surface area contributed by atoms with Crippen LogP contribution in [0, 0.1) is 5.82 Å². The number of methoxy groups -OCH3 is 2. The standard InChI is InChI=1S/C26H23FN2O4/c1-31-18-11-12-23(32-2)17(15-18)13-14-28-25(30)19-7-3-4-8-20(19)26-29-16-24(33-26)21-9-5-6-10-22(21)27/h3-12,15-16H,13-14H2,1-2H3,(H,28,30). The fraction of sp³-hybridized carbons (Fsp3) is 0.154. The second-order valence-corrected chi connectivity index (χ2v) is 7.24. The molecule has 0 fully saturated rings. The first-order valence-corrected chi connectivity index (χ1v) is 10.4. The molecule has 0 radical (unpaired) electrons. The molecule has 0 spiro atoms. The molecule has 4 rings (SSSR count). The number of nitrogens with one attached hydrogen (secondary N) is 1. The number of carbonyl (C=O) groups is 1. The maximum atomic E-state index is 14.1. The Morgan fingerprint density at radius 3 is 2.52 bits per heavy atom. The molecule has 0 bridgehead atoms. The molecule has 0 aliphatic carbocycles. The van der Waals surface area contributed by atoms with Crippen LogP contribution in [0.3, 0.4) is 0 Å². The zero-order chi connectivity index (χ0) is 23.2. The molecule has 0 unspecified atom stereocenters. The van der Waals surface area contributed by atoms with E-state index in [9.17, 15) is 9.18 Å². The highest BCUT2D eigenvalue weighted by atomic mass is 19.1. The molecule has 3 aromatic carbocycles. The molecule has 7 heteroatoms. The summed E-state index contributed by atoms with van der Waals surface area (Å²) >= 11 is 0. The topological polar surface area (TPSA) is 73.6 Å². The zero-order valence-electron chi connectivity index (χ0n) is 18.3. The van der Waals surface area contributed by atoms with Crippen molar-refractivity contribution in [3.8, 4) is 34.3 Å². The van der Waals surface area contributed by atoms with Gasteiger partial charge in [-0.2, -0.15) is 0 Å². The van der Waals surface area contributed by atoms with Gasteiger partial charge in [0.25, 0.3) is 5.91 Å². The van der Waals surface area contributed by atoms with Crippen LogP contribution in [-0.4, -0.2) is 31.7 Å². The van der Waals surface area contributed by atoms with E-state index >= 15 is 0 Å². The van der Waals surface area contributed by atoms with Crippen molar-refractivity contribution >= 4 is 5.91 Å². The Bertz CT molecular complexity index is 1270. The number of halogens is 1. The summed E-state index contributed by atoms with van der Waals surface area (Å²) in [5, 5.41) is 2.93. The predicted octanol–water partition coefficient (Wildman–Crippen LogP) is 5.14. The van der Waals surface area contributed by atoms with Gasteiger partial charge in [-0.25, -0.2) is 9.37 Å². The first-order chi connectivity index (χ1) is 16.1. The molecule has 0 saturated heterocycles. The van der Waals surface area contributed by atoms with E-state index in [0.717, 1.165) is 17.1 Å². The van der Waals surface area contributed by atoms with Crippen molar-refractivity contribution < 1.29 is 23.1 Å². The lowest BCUT2D eigenvalue weighted by Crippen LogP contribution is -2.26. The average Bonchev–Trinajstić information content (AvgIpc) is 3.34. The second-order valence-electron chi connectivity index (χ2n) is 7.24. The Hall–Kier alpha value is -4.13. The second kappa shape index (κ2) is 9.99.